The van der Waals surface area contributed by atoms with Crippen molar-refractivity contribution < 1.29 is 4.42 Å². The topological polar surface area (TPSA) is 26.0 Å². The second-order valence-electron chi connectivity index (χ2n) is 6.45. The first-order valence-corrected chi connectivity index (χ1v) is 8.64. The third-order valence-corrected chi connectivity index (χ3v) is 4.84. The Bertz CT molecular complexity index is 1240. The van der Waals surface area contributed by atoms with Crippen LogP contribution in [0, 0.1) is 13.0 Å². The third-order valence-electron chi connectivity index (χ3n) is 4.84. The molecular weight excluding hydrogens is 318 g/mol. The van der Waals surface area contributed by atoms with Crippen LogP contribution in [-0.2, 0) is 0 Å². The molecule has 5 rings (SSSR count). The summed E-state index contributed by atoms with van der Waals surface area (Å²) < 4.78 is 6.04. The highest BCUT2D eigenvalue weighted by Gasteiger charge is 2.11. The van der Waals surface area contributed by atoms with E-state index in [-0.39, 0.29) is 0 Å². The summed E-state index contributed by atoms with van der Waals surface area (Å²) in [6.45, 7) is 2.04. The SMILES string of the molecule is Cc1ncccc1-c1ccc2oc3ccc(-c4cc[c]cc4)cc3c2c1. The molecule has 0 fully saturated rings. The van der Waals surface area contributed by atoms with Gasteiger partial charge < -0.3 is 4.42 Å². The van der Waals surface area contributed by atoms with Crippen LogP contribution in [0.1, 0.15) is 5.69 Å². The fourth-order valence-electron chi connectivity index (χ4n) is 3.49. The zero-order valence-electron chi connectivity index (χ0n) is 14.4. The molecule has 26 heavy (non-hydrogen) atoms. The summed E-state index contributed by atoms with van der Waals surface area (Å²) >= 11 is 0. The molecule has 0 aliphatic carbocycles. The first-order chi connectivity index (χ1) is 12.8. The summed E-state index contributed by atoms with van der Waals surface area (Å²) in [7, 11) is 0. The average Bonchev–Trinajstić information content (AvgIpc) is 3.06. The van der Waals surface area contributed by atoms with E-state index in [1.54, 1.807) is 0 Å². The number of rotatable bonds is 2. The summed E-state index contributed by atoms with van der Waals surface area (Å²) in [5.74, 6) is 0. The Kier molecular flexibility index (Phi) is 3.36. The van der Waals surface area contributed by atoms with Crippen LogP contribution in [0.25, 0.3) is 44.2 Å². The molecule has 5 aromatic rings. The van der Waals surface area contributed by atoms with Gasteiger partial charge in [-0.2, -0.15) is 0 Å². The molecule has 0 atom stereocenters. The zero-order valence-corrected chi connectivity index (χ0v) is 14.4. The van der Waals surface area contributed by atoms with Crippen molar-refractivity contribution in [3.63, 3.8) is 0 Å². The molecule has 0 saturated heterocycles. The second-order valence-corrected chi connectivity index (χ2v) is 6.45. The van der Waals surface area contributed by atoms with Crippen LogP contribution in [0.4, 0.5) is 0 Å². The van der Waals surface area contributed by atoms with Crippen LogP contribution in [0.3, 0.4) is 0 Å². The lowest BCUT2D eigenvalue weighted by Gasteiger charge is -2.05. The van der Waals surface area contributed by atoms with E-state index >= 15 is 0 Å². The Balaban J connectivity index is 1.74. The van der Waals surface area contributed by atoms with Crippen LogP contribution in [0.15, 0.2) is 83.4 Å². The molecule has 1 radical (unpaired) electrons. The van der Waals surface area contributed by atoms with Crippen molar-refractivity contribution in [1.82, 2.24) is 4.98 Å². The number of nitrogens with zero attached hydrogens (tertiary/aromatic N) is 1. The van der Waals surface area contributed by atoms with E-state index in [0.29, 0.717) is 0 Å². The Hall–Kier alpha value is -3.39. The molecule has 3 aromatic carbocycles. The highest BCUT2D eigenvalue weighted by atomic mass is 16.3. The van der Waals surface area contributed by atoms with Crippen LogP contribution >= 0.6 is 0 Å². The van der Waals surface area contributed by atoms with Gasteiger partial charge in [0.25, 0.3) is 0 Å². The Morgan fingerprint density at radius 2 is 1.46 bits per heavy atom. The molecule has 0 amide bonds. The molecule has 2 heterocycles. The second kappa shape index (κ2) is 5.85. The first-order valence-electron chi connectivity index (χ1n) is 8.64. The maximum atomic E-state index is 6.04. The maximum absolute atomic E-state index is 6.04. The molecule has 123 valence electrons. The summed E-state index contributed by atoms with van der Waals surface area (Å²) in [6.07, 6.45) is 1.83. The third kappa shape index (κ3) is 2.39. The van der Waals surface area contributed by atoms with Crippen molar-refractivity contribution in [3.8, 4) is 22.3 Å². The van der Waals surface area contributed by atoms with E-state index in [9.17, 15) is 0 Å². The lowest BCUT2D eigenvalue weighted by molar-refractivity contribution is 0.669. The minimum atomic E-state index is 0.906. The van der Waals surface area contributed by atoms with Gasteiger partial charge in [0.2, 0.25) is 0 Å². The number of benzene rings is 3. The van der Waals surface area contributed by atoms with Gasteiger partial charge in [0.05, 0.1) is 0 Å². The Labute approximate surface area is 151 Å². The summed E-state index contributed by atoms with van der Waals surface area (Å²) in [5, 5.41) is 2.26. The molecule has 2 aromatic heterocycles. The van der Waals surface area contributed by atoms with Crippen LogP contribution in [0.2, 0.25) is 0 Å². The van der Waals surface area contributed by atoms with Crippen molar-refractivity contribution in [2.24, 2.45) is 0 Å². The molecule has 0 saturated carbocycles. The van der Waals surface area contributed by atoms with Gasteiger partial charge in [0, 0.05) is 28.2 Å². The number of aromatic nitrogens is 1. The van der Waals surface area contributed by atoms with E-state index < -0.39 is 0 Å². The predicted molar refractivity (Wildman–Crippen MR) is 106 cm³/mol. The Morgan fingerprint density at radius 3 is 2.19 bits per heavy atom. The fraction of sp³-hybridized carbons (Fsp3) is 0.0417. The number of hydrogen-bond acceptors (Lipinski definition) is 2. The molecular formula is C24H16NO. The standard InChI is InChI=1S/C24H16NO/c1-16-20(8-5-13-25-16)19-10-12-24-22(15-19)21-14-18(9-11-23(21)26-24)17-6-3-2-4-7-17/h3-15H,1H3. The molecule has 0 aliphatic heterocycles. The summed E-state index contributed by atoms with van der Waals surface area (Å²) in [5.41, 5.74) is 7.51. The van der Waals surface area contributed by atoms with E-state index in [2.05, 4.69) is 59.6 Å². The minimum Gasteiger partial charge on any atom is -0.456 e. The van der Waals surface area contributed by atoms with E-state index in [0.717, 1.165) is 38.8 Å². The minimum absolute atomic E-state index is 0.906. The van der Waals surface area contributed by atoms with Crippen LogP contribution < -0.4 is 0 Å². The van der Waals surface area contributed by atoms with E-state index in [4.69, 9.17) is 4.42 Å². The largest absolute Gasteiger partial charge is 0.456 e. The molecule has 2 nitrogen and oxygen atoms in total. The number of pyridine rings is 1. The quantitative estimate of drug-likeness (QED) is 0.372. The van der Waals surface area contributed by atoms with Crippen molar-refractivity contribution in [2.75, 3.05) is 0 Å². The van der Waals surface area contributed by atoms with Gasteiger partial charge >= 0.3 is 0 Å². The van der Waals surface area contributed by atoms with Gasteiger partial charge in [0.1, 0.15) is 11.2 Å². The van der Waals surface area contributed by atoms with Crippen LogP contribution in [0.5, 0.6) is 0 Å². The van der Waals surface area contributed by atoms with Gasteiger partial charge in [-0.1, -0.05) is 42.5 Å². The summed E-state index contributed by atoms with van der Waals surface area (Å²) in [4.78, 5) is 4.41. The summed E-state index contributed by atoms with van der Waals surface area (Å²) in [6, 6.07) is 27.9. The van der Waals surface area contributed by atoms with Crippen LogP contribution in [-0.4, -0.2) is 4.98 Å². The van der Waals surface area contributed by atoms with Gasteiger partial charge in [-0.05, 0) is 60.0 Å². The molecule has 0 spiro atoms. The van der Waals surface area contributed by atoms with Crippen molar-refractivity contribution in [2.45, 2.75) is 6.92 Å². The molecule has 2 heteroatoms. The molecule has 0 aliphatic rings. The molecule has 0 unspecified atom stereocenters. The normalized spacial score (nSPS) is 11.3. The average molecular weight is 334 g/mol. The number of hydrogen-bond donors (Lipinski definition) is 0. The Morgan fingerprint density at radius 1 is 0.769 bits per heavy atom. The lowest BCUT2D eigenvalue weighted by atomic mass is 10.00. The molecule has 0 N–H and O–H groups in total. The monoisotopic (exact) mass is 334 g/mol. The smallest absolute Gasteiger partial charge is 0.135 e. The van der Waals surface area contributed by atoms with Crippen molar-refractivity contribution >= 4 is 21.9 Å². The molecule has 0 bridgehead atoms. The zero-order chi connectivity index (χ0) is 17.5. The van der Waals surface area contributed by atoms with Crippen molar-refractivity contribution in [1.29, 1.82) is 0 Å². The fourth-order valence-corrected chi connectivity index (χ4v) is 3.49. The number of fused-ring (bicyclic) bond motifs is 3. The van der Waals surface area contributed by atoms with Gasteiger partial charge in [-0.3, -0.25) is 4.98 Å². The number of aryl methyl sites for hydroxylation is 1. The van der Waals surface area contributed by atoms with E-state index in [1.807, 2.05) is 37.4 Å². The van der Waals surface area contributed by atoms with Crippen molar-refractivity contribution in [3.05, 3.63) is 90.8 Å². The van der Waals surface area contributed by atoms with Gasteiger partial charge in [0.15, 0.2) is 0 Å². The van der Waals surface area contributed by atoms with Gasteiger partial charge in [-0.25, -0.2) is 0 Å². The maximum Gasteiger partial charge on any atom is 0.135 e. The van der Waals surface area contributed by atoms with Gasteiger partial charge in [-0.15, -0.1) is 0 Å². The predicted octanol–water partition coefficient (Wildman–Crippen LogP) is 6.42. The highest BCUT2D eigenvalue weighted by Crippen LogP contribution is 2.35. The highest BCUT2D eigenvalue weighted by molar-refractivity contribution is 6.07. The number of furan rings is 1. The van der Waals surface area contributed by atoms with E-state index in [1.165, 1.54) is 11.1 Å². The first kappa shape index (κ1) is 14.9. The lowest BCUT2D eigenvalue weighted by Crippen LogP contribution is -1.86.